The molecule has 204 valence electrons. The van der Waals surface area contributed by atoms with E-state index in [1.807, 2.05) is 24.3 Å². The van der Waals surface area contributed by atoms with E-state index in [1.54, 1.807) is 25.5 Å². The highest BCUT2D eigenvalue weighted by atomic mass is 16.5. The van der Waals surface area contributed by atoms with Gasteiger partial charge in [0.1, 0.15) is 17.6 Å². The number of amides is 2. The quantitative estimate of drug-likeness (QED) is 0.487. The monoisotopic (exact) mass is 528 g/mol. The van der Waals surface area contributed by atoms with E-state index in [4.69, 9.17) is 9.72 Å². The predicted molar refractivity (Wildman–Crippen MR) is 149 cm³/mol. The van der Waals surface area contributed by atoms with Crippen LogP contribution in [0.2, 0.25) is 0 Å². The van der Waals surface area contributed by atoms with Crippen molar-refractivity contribution >= 4 is 23.3 Å². The van der Waals surface area contributed by atoms with Crippen molar-refractivity contribution in [3.8, 4) is 0 Å². The molecule has 2 aliphatic carbocycles. The number of nitrogens with one attached hydrogen (secondary N) is 2. The highest BCUT2D eigenvalue weighted by Crippen LogP contribution is 2.64. The minimum atomic E-state index is -0.734. The summed E-state index contributed by atoms with van der Waals surface area (Å²) in [5.41, 5.74) is 3.45. The molecule has 3 atom stereocenters. The van der Waals surface area contributed by atoms with Gasteiger partial charge in [-0.25, -0.2) is 4.98 Å². The topological polar surface area (TPSA) is 101 Å². The maximum atomic E-state index is 13.9. The van der Waals surface area contributed by atoms with E-state index >= 15 is 0 Å². The molecular weight excluding hydrogens is 492 g/mol. The second-order valence-corrected chi connectivity index (χ2v) is 11.5. The second-order valence-electron chi connectivity index (χ2n) is 11.5. The highest BCUT2D eigenvalue weighted by molar-refractivity contribution is 6.01. The molecule has 1 aliphatic heterocycles. The van der Waals surface area contributed by atoms with Crippen LogP contribution in [0.1, 0.15) is 54.2 Å². The Bertz CT molecular complexity index is 1360. The molecule has 9 nitrogen and oxygen atoms in total. The lowest BCUT2D eigenvalue weighted by Crippen LogP contribution is -2.49. The Balaban J connectivity index is 1.26. The lowest BCUT2D eigenvalue weighted by molar-refractivity contribution is -0.118. The maximum Gasteiger partial charge on any atom is 0.270 e. The maximum absolute atomic E-state index is 13.9. The molecule has 1 saturated heterocycles. The predicted octanol–water partition coefficient (Wildman–Crippen LogP) is 3.53. The Morgan fingerprint density at radius 2 is 1.95 bits per heavy atom. The van der Waals surface area contributed by atoms with Crippen LogP contribution in [0.3, 0.4) is 0 Å². The number of morpholine rings is 1. The van der Waals surface area contributed by atoms with Crippen molar-refractivity contribution < 1.29 is 14.3 Å². The molecule has 2 unspecified atom stereocenters. The average Bonchev–Trinajstić information content (AvgIpc) is 3.44. The normalized spacial score (nSPS) is 22.0. The molecule has 0 bridgehead atoms. The van der Waals surface area contributed by atoms with Gasteiger partial charge in [-0.15, -0.1) is 0 Å². The summed E-state index contributed by atoms with van der Waals surface area (Å²) in [4.78, 5) is 34.2. The Kier molecular flexibility index (Phi) is 6.62. The molecule has 0 radical (unpaired) electrons. The molecule has 9 heteroatoms. The molecule has 2 aromatic heterocycles. The fourth-order valence-corrected chi connectivity index (χ4v) is 6.42. The minimum Gasteiger partial charge on any atom is -0.377 e. The highest BCUT2D eigenvalue weighted by Gasteiger charge is 2.58. The lowest BCUT2D eigenvalue weighted by Gasteiger charge is -2.38. The Morgan fingerprint density at radius 1 is 1.13 bits per heavy atom. The summed E-state index contributed by atoms with van der Waals surface area (Å²) in [7, 11) is 1.72. The molecule has 2 amide bonds. The van der Waals surface area contributed by atoms with Gasteiger partial charge >= 0.3 is 0 Å². The first-order chi connectivity index (χ1) is 18.9. The zero-order valence-corrected chi connectivity index (χ0v) is 22.8. The Morgan fingerprint density at radius 3 is 2.64 bits per heavy atom. The molecular formula is C30H36N6O3. The lowest BCUT2D eigenvalue weighted by atomic mass is 9.82. The number of ether oxygens (including phenoxy) is 1. The molecule has 3 aliphatic rings. The molecule has 1 aromatic carbocycles. The van der Waals surface area contributed by atoms with Gasteiger partial charge in [0.25, 0.3) is 5.91 Å². The molecule has 3 aromatic rings. The fourth-order valence-electron chi connectivity index (χ4n) is 6.42. The van der Waals surface area contributed by atoms with Crippen LogP contribution in [0.15, 0.2) is 54.9 Å². The summed E-state index contributed by atoms with van der Waals surface area (Å²) >= 11 is 0. The van der Waals surface area contributed by atoms with Gasteiger partial charge in [0.2, 0.25) is 5.91 Å². The van der Waals surface area contributed by atoms with E-state index in [2.05, 4.69) is 46.6 Å². The number of anilines is 2. The summed E-state index contributed by atoms with van der Waals surface area (Å²) < 4.78 is 7.22. The van der Waals surface area contributed by atoms with Crippen molar-refractivity contribution in [3.05, 3.63) is 71.7 Å². The van der Waals surface area contributed by atoms with Crippen molar-refractivity contribution in [2.24, 2.45) is 18.4 Å². The van der Waals surface area contributed by atoms with E-state index < -0.39 is 6.04 Å². The van der Waals surface area contributed by atoms with Crippen molar-refractivity contribution in [1.29, 1.82) is 0 Å². The summed E-state index contributed by atoms with van der Waals surface area (Å²) in [5.74, 6) is 0.658. The van der Waals surface area contributed by atoms with Crippen LogP contribution < -0.4 is 15.5 Å². The number of fused-ring (bicyclic) bond motifs is 1. The van der Waals surface area contributed by atoms with Gasteiger partial charge < -0.3 is 20.3 Å². The molecule has 1 saturated carbocycles. The Hall–Kier alpha value is -3.72. The molecule has 6 rings (SSSR count). The minimum absolute atomic E-state index is 0.00965. The number of hydrogen-bond donors (Lipinski definition) is 2. The first-order valence-electron chi connectivity index (χ1n) is 13.8. The van der Waals surface area contributed by atoms with E-state index in [-0.39, 0.29) is 29.2 Å². The third kappa shape index (κ3) is 4.80. The van der Waals surface area contributed by atoms with Crippen LogP contribution in [0.5, 0.6) is 0 Å². The third-order valence-corrected chi connectivity index (χ3v) is 8.69. The SMILES string of the molecule is CC(C)C1COCCN1c1ccc(NC(=O)[C@@H](NC(=O)c2ccnn2C)C2c3ccccc3CC23CC3)cn1. The fraction of sp³-hybridized carbons (Fsp3) is 0.467. The smallest absolute Gasteiger partial charge is 0.270 e. The number of carbonyl (C=O) groups excluding carboxylic acids is 2. The van der Waals surface area contributed by atoms with Gasteiger partial charge in [-0.05, 0) is 59.9 Å². The first kappa shape index (κ1) is 25.6. The zero-order chi connectivity index (χ0) is 27.1. The number of aromatic nitrogens is 3. The van der Waals surface area contributed by atoms with Crippen molar-refractivity contribution in [3.63, 3.8) is 0 Å². The zero-order valence-electron chi connectivity index (χ0n) is 22.8. The van der Waals surface area contributed by atoms with Crippen LogP contribution in [0.4, 0.5) is 11.5 Å². The van der Waals surface area contributed by atoms with Crippen LogP contribution in [-0.4, -0.2) is 58.4 Å². The summed E-state index contributed by atoms with van der Waals surface area (Å²) in [6, 6.07) is 13.3. The van der Waals surface area contributed by atoms with E-state index in [1.165, 1.54) is 10.2 Å². The summed E-state index contributed by atoms with van der Waals surface area (Å²) in [6.07, 6.45) is 6.32. The molecule has 39 heavy (non-hydrogen) atoms. The number of rotatable bonds is 7. The second kappa shape index (κ2) is 10.1. The van der Waals surface area contributed by atoms with E-state index in [0.717, 1.165) is 37.2 Å². The molecule has 3 heterocycles. The van der Waals surface area contributed by atoms with Crippen molar-refractivity contribution in [2.45, 2.75) is 51.1 Å². The number of pyridine rings is 1. The number of nitrogens with zero attached hydrogens (tertiary/aromatic N) is 4. The summed E-state index contributed by atoms with van der Waals surface area (Å²) in [6.45, 7) is 6.52. The molecule has 2 fully saturated rings. The van der Waals surface area contributed by atoms with Gasteiger partial charge in [-0.1, -0.05) is 38.1 Å². The number of aryl methyl sites for hydroxylation is 1. The Labute approximate surface area is 228 Å². The summed E-state index contributed by atoms with van der Waals surface area (Å²) in [5, 5.41) is 10.3. The average molecular weight is 529 g/mol. The van der Waals surface area contributed by atoms with Crippen LogP contribution in [0, 0.1) is 11.3 Å². The molecule has 1 spiro atoms. The number of hydrogen-bond acceptors (Lipinski definition) is 6. The van der Waals surface area contributed by atoms with E-state index in [0.29, 0.717) is 30.5 Å². The van der Waals surface area contributed by atoms with Crippen molar-refractivity contribution in [2.75, 3.05) is 30.0 Å². The largest absolute Gasteiger partial charge is 0.377 e. The van der Waals surface area contributed by atoms with Gasteiger partial charge in [-0.2, -0.15) is 5.10 Å². The standard InChI is InChI=1S/C30H36N6O3/c1-19(2)24-18-39-15-14-36(24)25-9-8-21(17-31-25)33-29(38)27(34-28(37)23-10-13-32-35(23)3)26-22-7-5-4-6-20(22)16-30(26)11-12-30/h4-10,13,17,19,24,26-27H,11-12,14-16,18H2,1-3H3,(H,33,38)(H,34,37)/t24?,26?,27-/m0/s1. The van der Waals surface area contributed by atoms with Gasteiger partial charge in [0.15, 0.2) is 0 Å². The van der Waals surface area contributed by atoms with Gasteiger partial charge in [0.05, 0.1) is 31.1 Å². The first-order valence-corrected chi connectivity index (χ1v) is 13.8. The van der Waals surface area contributed by atoms with Gasteiger partial charge in [-0.3, -0.25) is 14.3 Å². The van der Waals surface area contributed by atoms with Crippen molar-refractivity contribution in [1.82, 2.24) is 20.1 Å². The number of benzene rings is 1. The molecule has 2 N–H and O–H groups in total. The van der Waals surface area contributed by atoms with Gasteiger partial charge in [0, 0.05) is 25.7 Å². The third-order valence-electron chi connectivity index (χ3n) is 8.69. The van der Waals surface area contributed by atoms with Crippen LogP contribution in [0.25, 0.3) is 0 Å². The van der Waals surface area contributed by atoms with Crippen LogP contribution >= 0.6 is 0 Å². The number of carbonyl (C=O) groups is 2. The van der Waals surface area contributed by atoms with E-state index in [9.17, 15) is 9.59 Å². The van der Waals surface area contributed by atoms with Crippen LogP contribution in [-0.2, 0) is 23.0 Å².